The van der Waals surface area contributed by atoms with Gasteiger partial charge in [-0.15, -0.1) is 0 Å². The third-order valence-electron chi connectivity index (χ3n) is 2.31. The monoisotopic (exact) mass is 220 g/mol. The molecule has 86 valence electrons. The Kier molecular flexibility index (Phi) is 4.51. The van der Waals surface area contributed by atoms with Gasteiger partial charge in [0, 0.05) is 12.6 Å². The molecule has 0 aliphatic heterocycles. The molecule has 0 saturated heterocycles. The SMILES string of the molecule is CCc1ccc(C(=O)NCC(=O)NC)cc1. The highest BCUT2D eigenvalue weighted by atomic mass is 16.2. The van der Waals surface area contributed by atoms with Crippen molar-refractivity contribution in [1.82, 2.24) is 10.6 Å². The lowest BCUT2D eigenvalue weighted by molar-refractivity contribution is -0.119. The second kappa shape index (κ2) is 5.90. The van der Waals surface area contributed by atoms with Crippen molar-refractivity contribution in [1.29, 1.82) is 0 Å². The average molecular weight is 220 g/mol. The minimum atomic E-state index is -0.230. The maximum absolute atomic E-state index is 11.6. The molecule has 0 unspecified atom stereocenters. The number of aryl methyl sites for hydroxylation is 1. The third kappa shape index (κ3) is 3.38. The molecule has 0 fully saturated rings. The lowest BCUT2D eigenvalue weighted by atomic mass is 10.1. The summed E-state index contributed by atoms with van der Waals surface area (Å²) in [6.45, 7) is 2.06. The van der Waals surface area contributed by atoms with Crippen LogP contribution in [0, 0.1) is 0 Å². The Labute approximate surface area is 95.0 Å². The van der Waals surface area contributed by atoms with Crippen LogP contribution in [0.25, 0.3) is 0 Å². The second-order valence-electron chi connectivity index (χ2n) is 3.41. The molecule has 0 saturated carbocycles. The smallest absolute Gasteiger partial charge is 0.251 e. The maximum atomic E-state index is 11.6. The van der Waals surface area contributed by atoms with Crippen LogP contribution >= 0.6 is 0 Å². The summed E-state index contributed by atoms with van der Waals surface area (Å²) >= 11 is 0. The molecule has 0 spiro atoms. The fourth-order valence-electron chi connectivity index (χ4n) is 1.24. The van der Waals surface area contributed by atoms with E-state index in [1.807, 2.05) is 12.1 Å². The van der Waals surface area contributed by atoms with E-state index in [0.717, 1.165) is 6.42 Å². The largest absolute Gasteiger partial charge is 0.358 e. The molecule has 0 bridgehead atoms. The van der Waals surface area contributed by atoms with Crippen molar-refractivity contribution in [2.75, 3.05) is 13.6 Å². The molecule has 4 nitrogen and oxygen atoms in total. The van der Waals surface area contributed by atoms with Crippen LogP contribution in [-0.2, 0) is 11.2 Å². The summed E-state index contributed by atoms with van der Waals surface area (Å²) in [5.74, 6) is -0.440. The number of hydrogen-bond acceptors (Lipinski definition) is 2. The van der Waals surface area contributed by atoms with Gasteiger partial charge in [-0.3, -0.25) is 9.59 Å². The highest BCUT2D eigenvalue weighted by molar-refractivity contribution is 5.96. The Morgan fingerprint density at radius 2 is 1.81 bits per heavy atom. The van der Waals surface area contributed by atoms with Crippen molar-refractivity contribution in [3.8, 4) is 0 Å². The predicted octanol–water partition coefficient (Wildman–Crippen LogP) is 0.725. The molecular weight excluding hydrogens is 204 g/mol. The lowest BCUT2D eigenvalue weighted by Gasteiger charge is -2.04. The highest BCUT2D eigenvalue weighted by Crippen LogP contribution is 2.04. The number of rotatable bonds is 4. The summed E-state index contributed by atoms with van der Waals surface area (Å²) in [7, 11) is 1.53. The molecule has 0 aliphatic rings. The van der Waals surface area contributed by atoms with Crippen molar-refractivity contribution in [2.24, 2.45) is 0 Å². The summed E-state index contributed by atoms with van der Waals surface area (Å²) in [6, 6.07) is 7.35. The van der Waals surface area contributed by atoms with Crippen molar-refractivity contribution in [2.45, 2.75) is 13.3 Å². The molecule has 4 heteroatoms. The van der Waals surface area contributed by atoms with Crippen LogP contribution in [0.4, 0.5) is 0 Å². The predicted molar refractivity (Wildman–Crippen MR) is 62.2 cm³/mol. The first kappa shape index (κ1) is 12.2. The maximum Gasteiger partial charge on any atom is 0.251 e. The van der Waals surface area contributed by atoms with E-state index in [-0.39, 0.29) is 18.4 Å². The Morgan fingerprint density at radius 3 is 2.31 bits per heavy atom. The first-order valence-electron chi connectivity index (χ1n) is 5.25. The van der Waals surface area contributed by atoms with Crippen LogP contribution in [-0.4, -0.2) is 25.4 Å². The number of carbonyl (C=O) groups excluding carboxylic acids is 2. The molecule has 0 heterocycles. The third-order valence-corrected chi connectivity index (χ3v) is 2.31. The fraction of sp³-hybridized carbons (Fsp3) is 0.333. The fourth-order valence-corrected chi connectivity index (χ4v) is 1.24. The zero-order valence-corrected chi connectivity index (χ0v) is 9.54. The normalized spacial score (nSPS) is 9.62. The molecular formula is C12H16N2O2. The Hall–Kier alpha value is -1.84. The van der Waals surface area contributed by atoms with E-state index >= 15 is 0 Å². The standard InChI is InChI=1S/C12H16N2O2/c1-3-9-4-6-10(7-5-9)12(16)14-8-11(15)13-2/h4-7H,3,8H2,1-2H3,(H,13,15)(H,14,16). The zero-order chi connectivity index (χ0) is 12.0. The van der Waals surface area contributed by atoms with Gasteiger partial charge in [-0.05, 0) is 24.1 Å². The van der Waals surface area contributed by atoms with Crippen LogP contribution in [0.1, 0.15) is 22.8 Å². The van der Waals surface area contributed by atoms with E-state index in [9.17, 15) is 9.59 Å². The van der Waals surface area contributed by atoms with Crippen molar-refractivity contribution < 1.29 is 9.59 Å². The van der Waals surface area contributed by atoms with Crippen molar-refractivity contribution >= 4 is 11.8 Å². The second-order valence-corrected chi connectivity index (χ2v) is 3.41. The molecule has 1 aromatic rings. The molecule has 0 aliphatic carbocycles. The molecule has 2 amide bonds. The summed E-state index contributed by atoms with van der Waals surface area (Å²) in [4.78, 5) is 22.5. The zero-order valence-electron chi connectivity index (χ0n) is 9.54. The minimum absolute atomic E-state index is 0.00482. The minimum Gasteiger partial charge on any atom is -0.358 e. The Balaban J connectivity index is 2.56. The highest BCUT2D eigenvalue weighted by Gasteiger charge is 2.06. The number of hydrogen-bond donors (Lipinski definition) is 2. The van der Waals surface area contributed by atoms with E-state index in [4.69, 9.17) is 0 Å². The molecule has 16 heavy (non-hydrogen) atoms. The van der Waals surface area contributed by atoms with E-state index < -0.39 is 0 Å². The van der Waals surface area contributed by atoms with Crippen molar-refractivity contribution in [3.63, 3.8) is 0 Å². The van der Waals surface area contributed by atoms with Crippen LogP contribution in [0.15, 0.2) is 24.3 Å². The van der Waals surface area contributed by atoms with Gasteiger partial charge in [0.15, 0.2) is 0 Å². The number of carbonyl (C=O) groups is 2. The van der Waals surface area contributed by atoms with Crippen LogP contribution in [0.2, 0.25) is 0 Å². The molecule has 1 rings (SSSR count). The first-order chi connectivity index (χ1) is 7.67. The van der Waals surface area contributed by atoms with Crippen LogP contribution in [0.5, 0.6) is 0 Å². The number of likely N-dealkylation sites (N-methyl/N-ethyl adjacent to an activating group) is 1. The van der Waals surface area contributed by atoms with Crippen molar-refractivity contribution in [3.05, 3.63) is 35.4 Å². The van der Waals surface area contributed by atoms with Gasteiger partial charge in [-0.25, -0.2) is 0 Å². The van der Waals surface area contributed by atoms with Crippen LogP contribution < -0.4 is 10.6 Å². The molecule has 0 aromatic heterocycles. The molecule has 0 radical (unpaired) electrons. The summed E-state index contributed by atoms with van der Waals surface area (Å²) in [5.41, 5.74) is 1.75. The van der Waals surface area contributed by atoms with E-state index in [2.05, 4.69) is 17.6 Å². The van der Waals surface area contributed by atoms with Gasteiger partial charge in [-0.2, -0.15) is 0 Å². The van der Waals surface area contributed by atoms with Gasteiger partial charge in [0.1, 0.15) is 0 Å². The van der Waals surface area contributed by atoms with Gasteiger partial charge < -0.3 is 10.6 Å². The topological polar surface area (TPSA) is 58.2 Å². The number of benzene rings is 1. The Morgan fingerprint density at radius 1 is 1.19 bits per heavy atom. The summed E-state index contributed by atoms with van der Waals surface area (Å²) in [5, 5.41) is 4.97. The Bertz CT molecular complexity index is 371. The quantitative estimate of drug-likeness (QED) is 0.785. The van der Waals surface area contributed by atoms with Gasteiger partial charge in [0.25, 0.3) is 5.91 Å². The summed E-state index contributed by atoms with van der Waals surface area (Å²) < 4.78 is 0. The average Bonchev–Trinajstić information content (AvgIpc) is 2.35. The summed E-state index contributed by atoms with van der Waals surface area (Å²) in [6.07, 6.45) is 0.945. The van der Waals surface area contributed by atoms with E-state index in [1.54, 1.807) is 12.1 Å². The molecule has 2 N–H and O–H groups in total. The van der Waals surface area contributed by atoms with E-state index in [1.165, 1.54) is 12.6 Å². The lowest BCUT2D eigenvalue weighted by Crippen LogP contribution is -2.35. The van der Waals surface area contributed by atoms with Crippen LogP contribution in [0.3, 0.4) is 0 Å². The number of amides is 2. The van der Waals surface area contributed by atoms with Gasteiger partial charge in [-0.1, -0.05) is 19.1 Å². The van der Waals surface area contributed by atoms with E-state index in [0.29, 0.717) is 5.56 Å². The first-order valence-corrected chi connectivity index (χ1v) is 5.25. The van der Waals surface area contributed by atoms with Gasteiger partial charge in [0.05, 0.1) is 6.54 Å². The van der Waals surface area contributed by atoms with Gasteiger partial charge in [0.2, 0.25) is 5.91 Å². The number of nitrogens with one attached hydrogen (secondary N) is 2. The molecule has 0 atom stereocenters. The van der Waals surface area contributed by atoms with Gasteiger partial charge >= 0.3 is 0 Å². The molecule has 1 aromatic carbocycles.